The van der Waals surface area contributed by atoms with E-state index in [-0.39, 0.29) is 36.8 Å². The molecule has 0 bridgehead atoms. The van der Waals surface area contributed by atoms with E-state index >= 15 is 0 Å². The Kier molecular flexibility index (Phi) is 4.74. The summed E-state index contributed by atoms with van der Waals surface area (Å²) in [5.41, 5.74) is 2.02. The van der Waals surface area contributed by atoms with Crippen LogP contribution < -0.4 is 5.56 Å². The van der Waals surface area contributed by atoms with Crippen LogP contribution in [0, 0.1) is 12.8 Å². The van der Waals surface area contributed by atoms with E-state index < -0.39 is 18.1 Å². The second kappa shape index (κ2) is 7.00. The summed E-state index contributed by atoms with van der Waals surface area (Å²) >= 11 is 0. The summed E-state index contributed by atoms with van der Waals surface area (Å²) in [5, 5.41) is 4.20. The maximum atomic E-state index is 13.0. The first kappa shape index (κ1) is 19.7. The molecule has 1 saturated heterocycles. The topological polar surface area (TPSA) is 83.9 Å². The predicted molar refractivity (Wildman–Crippen MR) is 98.0 cm³/mol. The lowest BCUT2D eigenvalue weighted by Crippen LogP contribution is -2.47. The number of nitrogens with one attached hydrogen (secondary N) is 1. The summed E-state index contributed by atoms with van der Waals surface area (Å²) < 4.78 is 40.4. The third kappa shape index (κ3) is 3.44. The number of carbonyl (C=O) groups is 1. The van der Waals surface area contributed by atoms with E-state index in [1.165, 1.54) is 15.8 Å². The zero-order valence-corrected chi connectivity index (χ0v) is 16.2. The predicted octanol–water partition coefficient (Wildman–Crippen LogP) is 2.56. The van der Waals surface area contributed by atoms with Crippen LogP contribution in [-0.2, 0) is 12.8 Å². The number of H-pyrrole nitrogens is 1. The smallest absolute Gasteiger partial charge is 0.336 e. The zero-order valence-electron chi connectivity index (χ0n) is 16.2. The third-order valence-electron chi connectivity index (χ3n) is 5.97. The maximum absolute atomic E-state index is 13.0. The van der Waals surface area contributed by atoms with Crippen LogP contribution in [0.4, 0.5) is 13.2 Å². The van der Waals surface area contributed by atoms with Gasteiger partial charge in [-0.1, -0.05) is 0 Å². The molecule has 156 valence electrons. The number of piperidine rings is 1. The van der Waals surface area contributed by atoms with E-state index in [1.807, 2.05) is 0 Å². The SMILES string of the molecule is Cc1c(C(=O)N2CCC(C(F)(F)F)CC2C)cnn1-c1nc2c(c(=O)[nH]1)CCC2. The van der Waals surface area contributed by atoms with Crippen molar-refractivity contribution in [1.29, 1.82) is 0 Å². The number of likely N-dealkylation sites (tertiary alicyclic amines) is 1. The molecule has 3 heterocycles. The number of hydrogen-bond acceptors (Lipinski definition) is 4. The fraction of sp³-hybridized carbons (Fsp3) is 0.579. The monoisotopic (exact) mass is 409 g/mol. The summed E-state index contributed by atoms with van der Waals surface area (Å²) in [4.78, 5) is 33.9. The molecule has 2 aromatic heterocycles. The molecule has 2 atom stereocenters. The van der Waals surface area contributed by atoms with Crippen molar-refractivity contribution >= 4 is 5.91 Å². The second-order valence-electron chi connectivity index (χ2n) is 7.83. The summed E-state index contributed by atoms with van der Waals surface area (Å²) in [6.45, 7) is 3.36. The normalized spacial score (nSPS) is 22.0. The average molecular weight is 409 g/mol. The Morgan fingerprint density at radius 2 is 2.07 bits per heavy atom. The van der Waals surface area contributed by atoms with Crippen LogP contribution in [0.3, 0.4) is 0 Å². The number of halogens is 3. The highest BCUT2D eigenvalue weighted by Gasteiger charge is 2.44. The van der Waals surface area contributed by atoms with Gasteiger partial charge in [0, 0.05) is 18.2 Å². The maximum Gasteiger partial charge on any atom is 0.391 e. The Hall–Kier alpha value is -2.65. The molecule has 1 N–H and O–H groups in total. The van der Waals surface area contributed by atoms with Gasteiger partial charge < -0.3 is 4.90 Å². The number of fused-ring (bicyclic) bond motifs is 1. The van der Waals surface area contributed by atoms with Gasteiger partial charge in [0.1, 0.15) is 0 Å². The summed E-state index contributed by atoms with van der Waals surface area (Å²) in [5.74, 6) is -1.49. The van der Waals surface area contributed by atoms with Gasteiger partial charge >= 0.3 is 6.18 Å². The number of nitrogens with zero attached hydrogens (tertiary/aromatic N) is 4. The zero-order chi connectivity index (χ0) is 20.9. The number of aromatic amines is 1. The van der Waals surface area contributed by atoms with Crippen LogP contribution in [0.2, 0.25) is 0 Å². The van der Waals surface area contributed by atoms with Crippen LogP contribution >= 0.6 is 0 Å². The fourth-order valence-electron chi connectivity index (χ4n) is 4.29. The quantitative estimate of drug-likeness (QED) is 0.826. The molecule has 0 saturated carbocycles. The van der Waals surface area contributed by atoms with E-state index in [0.717, 1.165) is 18.5 Å². The first-order chi connectivity index (χ1) is 13.7. The van der Waals surface area contributed by atoms with Crippen molar-refractivity contribution in [1.82, 2.24) is 24.6 Å². The van der Waals surface area contributed by atoms with Gasteiger partial charge in [0.2, 0.25) is 5.95 Å². The van der Waals surface area contributed by atoms with Crippen molar-refractivity contribution in [3.05, 3.63) is 39.1 Å². The van der Waals surface area contributed by atoms with Crippen LogP contribution in [0.25, 0.3) is 5.95 Å². The molecular formula is C19H22F3N5O2. The molecule has 2 unspecified atom stereocenters. The standard InChI is InChI=1S/C19H22F3N5O2/c1-10-8-12(19(20,21)22)6-7-26(10)17(29)14-9-23-27(11(14)2)18-24-15-5-3-4-13(15)16(28)25-18/h9-10,12H,3-8H2,1-2H3,(H,24,25,28). The second-order valence-corrected chi connectivity index (χ2v) is 7.83. The van der Waals surface area contributed by atoms with E-state index in [4.69, 9.17) is 0 Å². The van der Waals surface area contributed by atoms with Gasteiger partial charge in [-0.3, -0.25) is 14.6 Å². The number of hydrogen-bond donors (Lipinski definition) is 1. The largest absolute Gasteiger partial charge is 0.391 e. The van der Waals surface area contributed by atoms with E-state index in [0.29, 0.717) is 23.2 Å². The van der Waals surface area contributed by atoms with E-state index in [9.17, 15) is 22.8 Å². The molecule has 29 heavy (non-hydrogen) atoms. The number of carbonyl (C=O) groups excluding carboxylic acids is 1. The van der Waals surface area contributed by atoms with Crippen LogP contribution in [0.15, 0.2) is 11.0 Å². The Labute approximate surface area is 164 Å². The molecule has 4 rings (SSSR count). The Bertz CT molecular complexity index is 1010. The van der Waals surface area contributed by atoms with Gasteiger partial charge in [-0.05, 0) is 46.0 Å². The van der Waals surface area contributed by atoms with Gasteiger partial charge in [0.25, 0.3) is 11.5 Å². The van der Waals surface area contributed by atoms with E-state index in [1.54, 1.807) is 13.8 Å². The summed E-state index contributed by atoms with van der Waals surface area (Å²) in [6, 6.07) is -0.524. The number of aryl methyl sites for hydroxylation is 1. The first-order valence-corrected chi connectivity index (χ1v) is 9.71. The fourth-order valence-corrected chi connectivity index (χ4v) is 4.29. The minimum Gasteiger partial charge on any atom is -0.336 e. The van der Waals surface area contributed by atoms with Gasteiger partial charge in [-0.2, -0.15) is 18.3 Å². The molecule has 1 aliphatic carbocycles. The molecule has 0 aromatic carbocycles. The van der Waals surface area contributed by atoms with Crippen LogP contribution in [0.1, 0.15) is 53.5 Å². The number of alkyl halides is 3. The number of aromatic nitrogens is 4. The first-order valence-electron chi connectivity index (χ1n) is 9.71. The molecule has 10 heteroatoms. The van der Waals surface area contributed by atoms with Crippen molar-refractivity contribution in [3.63, 3.8) is 0 Å². The highest BCUT2D eigenvalue weighted by molar-refractivity contribution is 5.95. The van der Waals surface area contributed by atoms with E-state index in [2.05, 4.69) is 15.1 Å². The summed E-state index contributed by atoms with van der Waals surface area (Å²) in [7, 11) is 0. The third-order valence-corrected chi connectivity index (χ3v) is 5.97. The lowest BCUT2D eigenvalue weighted by Gasteiger charge is -2.38. The highest BCUT2D eigenvalue weighted by atomic mass is 19.4. The van der Waals surface area contributed by atoms with Crippen molar-refractivity contribution < 1.29 is 18.0 Å². The highest BCUT2D eigenvalue weighted by Crippen LogP contribution is 2.37. The summed E-state index contributed by atoms with van der Waals surface area (Å²) in [6.07, 6.45) is -0.768. The van der Waals surface area contributed by atoms with Crippen molar-refractivity contribution in [2.24, 2.45) is 5.92 Å². The lowest BCUT2D eigenvalue weighted by atomic mass is 9.90. The van der Waals surface area contributed by atoms with Gasteiger partial charge in [-0.25, -0.2) is 9.67 Å². The molecule has 0 radical (unpaired) electrons. The Balaban J connectivity index is 1.59. The number of amides is 1. The van der Waals surface area contributed by atoms with Crippen molar-refractivity contribution in [2.75, 3.05) is 6.54 Å². The molecule has 7 nitrogen and oxygen atoms in total. The molecule has 1 amide bonds. The van der Waals surface area contributed by atoms with Crippen LogP contribution in [-0.4, -0.2) is 49.3 Å². The molecule has 2 aliphatic rings. The number of rotatable bonds is 2. The van der Waals surface area contributed by atoms with Gasteiger partial charge in [-0.15, -0.1) is 0 Å². The Morgan fingerprint density at radius 1 is 1.31 bits per heavy atom. The van der Waals surface area contributed by atoms with Gasteiger partial charge in [0.05, 0.1) is 29.1 Å². The van der Waals surface area contributed by atoms with Crippen LogP contribution in [0.5, 0.6) is 0 Å². The molecule has 2 aromatic rings. The van der Waals surface area contributed by atoms with Gasteiger partial charge in [0.15, 0.2) is 0 Å². The average Bonchev–Trinajstić information content (AvgIpc) is 3.27. The Morgan fingerprint density at radius 3 is 2.76 bits per heavy atom. The minimum atomic E-state index is -4.24. The molecule has 1 aliphatic heterocycles. The van der Waals surface area contributed by atoms with Crippen molar-refractivity contribution in [3.8, 4) is 5.95 Å². The lowest BCUT2D eigenvalue weighted by molar-refractivity contribution is -0.187. The molecular weight excluding hydrogens is 387 g/mol. The van der Waals surface area contributed by atoms with Crippen molar-refractivity contribution in [2.45, 2.75) is 58.2 Å². The molecule has 1 fully saturated rings. The molecule has 0 spiro atoms. The minimum absolute atomic E-state index is 0.0444.